The van der Waals surface area contributed by atoms with Gasteiger partial charge in [-0.3, -0.25) is 0 Å². The zero-order valence-corrected chi connectivity index (χ0v) is 32.9. The molecule has 8 aromatic carbocycles. The van der Waals surface area contributed by atoms with Gasteiger partial charge in [-0.2, -0.15) is 10.5 Å². The van der Waals surface area contributed by atoms with Crippen LogP contribution in [0.1, 0.15) is 11.1 Å². The van der Waals surface area contributed by atoms with Gasteiger partial charge >= 0.3 is 0 Å². The van der Waals surface area contributed by atoms with Crippen LogP contribution in [0.3, 0.4) is 0 Å². The van der Waals surface area contributed by atoms with E-state index < -0.39 is 0 Å². The Kier molecular flexibility index (Phi) is 8.46. The van der Waals surface area contributed by atoms with Crippen molar-refractivity contribution < 1.29 is 0 Å². The molecular weight excluding hydrogens is 761 g/mol. The summed E-state index contributed by atoms with van der Waals surface area (Å²) >= 11 is 0. The summed E-state index contributed by atoms with van der Waals surface area (Å²) in [6, 6.07) is 64.6. The van der Waals surface area contributed by atoms with Gasteiger partial charge in [0.05, 0.1) is 63.3 Å². The Balaban J connectivity index is 1.25. The van der Waals surface area contributed by atoms with E-state index in [-0.39, 0.29) is 0 Å². The Morgan fingerprint density at radius 3 is 1.44 bits per heavy atom. The average molecular weight is 791 g/mol. The van der Waals surface area contributed by atoms with Crippen LogP contribution in [-0.4, -0.2) is 24.1 Å². The maximum atomic E-state index is 10.5. The lowest BCUT2D eigenvalue weighted by Crippen LogP contribution is -2.04. The summed E-state index contributed by atoms with van der Waals surface area (Å²) in [6.07, 6.45) is 0. The van der Waals surface area contributed by atoms with Crippen molar-refractivity contribution in [3.05, 3.63) is 205 Å². The molecule has 3 heterocycles. The number of para-hydroxylation sites is 2. The standard InChI is InChI=1S/C54H30N8/c1-57-39-23-27-51-45(31-39)41-17-9-11-19-47(41)62(51)50-26-22-38(54-59-52(36-12-4-2-5-13-36)58-53(60-54)37-14-6-3-7-15-37)30-44(50)43-29-35(33-56)21-25-49(43)61-46-18-10-8-16-40(46)42-28-34(32-55)20-24-48(42)61/h2-31H. The molecule has 0 unspecified atom stereocenters. The normalized spacial score (nSPS) is 11.2. The molecule has 0 saturated heterocycles. The average Bonchev–Trinajstić information content (AvgIpc) is 3.85. The first-order chi connectivity index (χ1) is 30.6. The second kappa shape index (κ2) is 14.6. The van der Waals surface area contributed by atoms with Gasteiger partial charge in [-0.15, -0.1) is 0 Å². The van der Waals surface area contributed by atoms with E-state index in [2.05, 4.69) is 62.5 Å². The summed E-state index contributed by atoms with van der Waals surface area (Å²) in [4.78, 5) is 18.9. The fourth-order valence-electron chi connectivity index (χ4n) is 8.63. The van der Waals surface area contributed by atoms with E-state index in [0.29, 0.717) is 34.3 Å². The highest BCUT2D eigenvalue weighted by Crippen LogP contribution is 2.43. The number of benzene rings is 8. The lowest BCUT2D eigenvalue weighted by molar-refractivity contribution is 1.07. The molecule has 0 aliphatic rings. The first-order valence-corrected chi connectivity index (χ1v) is 20.0. The minimum atomic E-state index is 0.494. The van der Waals surface area contributed by atoms with E-state index >= 15 is 0 Å². The predicted octanol–water partition coefficient (Wildman–Crippen LogP) is 13.0. The Bertz CT molecular complexity index is 3670. The minimum absolute atomic E-state index is 0.494. The molecule has 0 aliphatic heterocycles. The van der Waals surface area contributed by atoms with Gasteiger partial charge in [0.2, 0.25) is 0 Å². The monoisotopic (exact) mass is 790 g/mol. The third kappa shape index (κ3) is 5.86. The van der Waals surface area contributed by atoms with Crippen molar-refractivity contribution in [3.8, 4) is 68.8 Å². The SMILES string of the molecule is [C-]#[N+]c1ccc2c(c1)c1ccccc1n2-c1ccc(-c2nc(-c3ccccc3)nc(-c3ccccc3)n2)cc1-c1cc(C#N)ccc1-n1c2ccccc2c2cc(C#N)ccc21. The van der Waals surface area contributed by atoms with Gasteiger partial charge in [0.25, 0.3) is 0 Å². The first kappa shape index (κ1) is 36.0. The van der Waals surface area contributed by atoms with Gasteiger partial charge in [0.15, 0.2) is 23.2 Å². The maximum Gasteiger partial charge on any atom is 0.188 e. The number of hydrogen-bond acceptors (Lipinski definition) is 5. The lowest BCUT2D eigenvalue weighted by Gasteiger charge is -2.20. The summed E-state index contributed by atoms with van der Waals surface area (Å²) in [5, 5.41) is 24.3. The van der Waals surface area contributed by atoms with E-state index in [9.17, 15) is 10.5 Å². The van der Waals surface area contributed by atoms with E-state index in [1.54, 1.807) is 0 Å². The van der Waals surface area contributed by atoms with Crippen LogP contribution < -0.4 is 0 Å². The molecule has 0 amide bonds. The molecule has 8 heteroatoms. The van der Waals surface area contributed by atoms with E-state index in [1.807, 2.05) is 146 Å². The Hall–Kier alpha value is -9.16. The summed E-state index contributed by atoms with van der Waals surface area (Å²) in [6.45, 7) is 7.81. The second-order valence-electron chi connectivity index (χ2n) is 15.0. The van der Waals surface area contributed by atoms with Gasteiger partial charge in [0.1, 0.15) is 0 Å². The second-order valence-corrected chi connectivity index (χ2v) is 15.0. The smallest absolute Gasteiger partial charge is 0.188 e. The van der Waals surface area contributed by atoms with Crippen molar-refractivity contribution in [2.45, 2.75) is 0 Å². The van der Waals surface area contributed by atoms with Crippen molar-refractivity contribution in [2.75, 3.05) is 0 Å². The number of rotatable bonds is 6. The zero-order chi connectivity index (χ0) is 41.7. The summed E-state index contributed by atoms with van der Waals surface area (Å²) in [7, 11) is 0. The van der Waals surface area contributed by atoms with E-state index in [0.717, 1.165) is 82.8 Å². The Morgan fingerprint density at radius 2 is 0.855 bits per heavy atom. The molecular formula is C54H30N8. The van der Waals surface area contributed by atoms with Crippen LogP contribution in [0.4, 0.5) is 5.69 Å². The molecule has 0 atom stereocenters. The third-order valence-corrected chi connectivity index (χ3v) is 11.4. The molecule has 0 saturated carbocycles. The van der Waals surface area contributed by atoms with Crippen LogP contribution in [0.5, 0.6) is 0 Å². The first-order valence-electron chi connectivity index (χ1n) is 20.0. The largest absolute Gasteiger partial charge is 0.309 e. The Labute approximate surface area is 355 Å². The zero-order valence-electron chi connectivity index (χ0n) is 32.9. The van der Waals surface area contributed by atoms with Gasteiger partial charge in [-0.05, 0) is 84.2 Å². The molecule has 286 valence electrons. The number of nitriles is 2. The highest BCUT2D eigenvalue weighted by atomic mass is 15.0. The highest BCUT2D eigenvalue weighted by Gasteiger charge is 2.23. The van der Waals surface area contributed by atoms with Crippen LogP contribution in [-0.2, 0) is 0 Å². The van der Waals surface area contributed by atoms with Crippen molar-refractivity contribution in [3.63, 3.8) is 0 Å². The molecule has 62 heavy (non-hydrogen) atoms. The van der Waals surface area contributed by atoms with Crippen molar-refractivity contribution >= 4 is 49.3 Å². The summed E-state index contributed by atoms with van der Waals surface area (Å²) < 4.78 is 4.46. The predicted molar refractivity (Wildman–Crippen MR) is 246 cm³/mol. The molecule has 11 aromatic rings. The van der Waals surface area contributed by atoms with E-state index in [1.165, 1.54) is 0 Å². The minimum Gasteiger partial charge on any atom is -0.309 e. The van der Waals surface area contributed by atoms with Crippen LogP contribution in [0.25, 0.3) is 105 Å². The summed E-state index contributed by atoms with van der Waals surface area (Å²) in [5.74, 6) is 1.59. The van der Waals surface area contributed by atoms with Gasteiger partial charge in [0, 0.05) is 44.0 Å². The molecule has 0 bridgehead atoms. The quantitative estimate of drug-likeness (QED) is 0.156. The number of aromatic nitrogens is 5. The van der Waals surface area contributed by atoms with Gasteiger partial charge in [-0.25, -0.2) is 19.8 Å². The van der Waals surface area contributed by atoms with Gasteiger partial charge in [-0.1, -0.05) is 103 Å². The molecule has 11 rings (SSSR count). The lowest BCUT2D eigenvalue weighted by atomic mass is 9.96. The summed E-state index contributed by atoms with van der Waals surface area (Å²) in [5.41, 5.74) is 11.2. The number of hydrogen-bond donors (Lipinski definition) is 0. The number of nitrogens with zero attached hydrogens (tertiary/aromatic N) is 8. The topological polar surface area (TPSA) is 100 Å². The molecule has 0 aliphatic carbocycles. The van der Waals surface area contributed by atoms with Crippen molar-refractivity contribution in [1.29, 1.82) is 10.5 Å². The molecule has 0 spiro atoms. The Morgan fingerprint density at radius 1 is 0.403 bits per heavy atom. The third-order valence-electron chi connectivity index (χ3n) is 11.4. The van der Waals surface area contributed by atoms with Crippen molar-refractivity contribution in [1.82, 2.24) is 24.1 Å². The molecule has 0 radical (unpaired) electrons. The highest BCUT2D eigenvalue weighted by molar-refractivity contribution is 6.12. The fourth-order valence-corrected chi connectivity index (χ4v) is 8.63. The van der Waals surface area contributed by atoms with Crippen LogP contribution >= 0.6 is 0 Å². The molecule has 0 fully saturated rings. The number of fused-ring (bicyclic) bond motifs is 6. The molecule has 0 N–H and O–H groups in total. The van der Waals surface area contributed by atoms with E-state index in [4.69, 9.17) is 21.5 Å². The molecule has 3 aromatic heterocycles. The van der Waals surface area contributed by atoms with Crippen LogP contribution in [0, 0.1) is 29.2 Å². The van der Waals surface area contributed by atoms with Crippen molar-refractivity contribution in [2.24, 2.45) is 0 Å². The van der Waals surface area contributed by atoms with Gasteiger partial charge < -0.3 is 9.13 Å². The van der Waals surface area contributed by atoms with Crippen LogP contribution in [0.15, 0.2) is 182 Å². The van der Waals surface area contributed by atoms with Crippen LogP contribution in [0.2, 0.25) is 0 Å². The maximum absolute atomic E-state index is 10.5. The molecule has 8 nitrogen and oxygen atoms in total. The fraction of sp³-hybridized carbons (Fsp3) is 0.